The van der Waals surface area contributed by atoms with Gasteiger partial charge in [0.2, 0.25) is 17.5 Å². The van der Waals surface area contributed by atoms with Crippen molar-refractivity contribution in [1.29, 1.82) is 0 Å². The molecule has 0 aliphatic rings. The Balaban J connectivity index is 2.42. The van der Waals surface area contributed by atoms with E-state index in [9.17, 15) is 4.79 Å². The third-order valence-electron chi connectivity index (χ3n) is 2.48. The molecule has 0 fully saturated rings. The number of esters is 1. The van der Waals surface area contributed by atoms with Crippen molar-refractivity contribution in [2.45, 2.75) is 13.8 Å². The second-order valence-corrected chi connectivity index (χ2v) is 4.79. The molecule has 0 radical (unpaired) electrons. The highest BCUT2D eigenvalue weighted by Crippen LogP contribution is 2.30. The van der Waals surface area contributed by atoms with Crippen LogP contribution >= 0.6 is 15.9 Å². The van der Waals surface area contributed by atoms with Gasteiger partial charge in [0.15, 0.2) is 0 Å². The Hall–Kier alpha value is -1.82. The van der Waals surface area contributed by atoms with Crippen molar-refractivity contribution in [1.82, 2.24) is 4.98 Å². The van der Waals surface area contributed by atoms with E-state index in [1.165, 1.54) is 0 Å². The van der Waals surface area contributed by atoms with Crippen molar-refractivity contribution in [2.75, 3.05) is 12.3 Å². The van der Waals surface area contributed by atoms with Crippen LogP contribution in [0.25, 0.3) is 11.5 Å². The van der Waals surface area contributed by atoms with Crippen LogP contribution in [-0.4, -0.2) is 17.6 Å². The number of ether oxygens (including phenoxy) is 1. The quantitative estimate of drug-likeness (QED) is 0.877. The van der Waals surface area contributed by atoms with Crippen molar-refractivity contribution in [2.24, 2.45) is 0 Å². The van der Waals surface area contributed by atoms with Gasteiger partial charge < -0.3 is 14.9 Å². The van der Waals surface area contributed by atoms with Gasteiger partial charge in [-0.2, -0.15) is 4.98 Å². The normalized spacial score (nSPS) is 10.5. The molecule has 6 heteroatoms. The van der Waals surface area contributed by atoms with E-state index in [1.807, 2.05) is 25.1 Å². The number of hydrogen-bond acceptors (Lipinski definition) is 5. The molecule has 1 aromatic heterocycles. The van der Waals surface area contributed by atoms with Crippen molar-refractivity contribution in [3.63, 3.8) is 0 Å². The molecule has 19 heavy (non-hydrogen) atoms. The van der Waals surface area contributed by atoms with Gasteiger partial charge in [-0.1, -0.05) is 6.07 Å². The number of aryl methyl sites for hydroxylation is 1. The highest BCUT2D eigenvalue weighted by molar-refractivity contribution is 9.10. The fourth-order valence-corrected chi connectivity index (χ4v) is 2.25. The number of nitrogen functional groups attached to an aromatic ring is 1. The summed E-state index contributed by atoms with van der Waals surface area (Å²) < 4.78 is 11.0. The molecule has 0 aliphatic heterocycles. The lowest BCUT2D eigenvalue weighted by Crippen LogP contribution is -2.07. The number of halogens is 1. The van der Waals surface area contributed by atoms with Crippen LogP contribution < -0.4 is 5.73 Å². The summed E-state index contributed by atoms with van der Waals surface area (Å²) in [5.74, 6) is -0.341. The van der Waals surface area contributed by atoms with E-state index < -0.39 is 5.97 Å². The second-order valence-electron chi connectivity index (χ2n) is 3.94. The predicted octanol–water partition coefficient (Wildman–Crippen LogP) is 3.17. The Labute approximate surface area is 118 Å². The maximum Gasteiger partial charge on any atom is 0.362 e. The molecule has 0 saturated carbocycles. The Bertz CT molecular complexity index is 622. The van der Waals surface area contributed by atoms with Gasteiger partial charge in [-0.25, -0.2) is 4.79 Å². The summed E-state index contributed by atoms with van der Waals surface area (Å²) in [6, 6.07) is 5.70. The number of rotatable bonds is 3. The van der Waals surface area contributed by atoms with Crippen LogP contribution in [-0.2, 0) is 4.74 Å². The summed E-state index contributed by atoms with van der Waals surface area (Å²) in [4.78, 5) is 15.7. The lowest BCUT2D eigenvalue weighted by atomic mass is 10.1. The minimum Gasteiger partial charge on any atom is -0.461 e. The number of hydrogen-bond donors (Lipinski definition) is 1. The summed E-state index contributed by atoms with van der Waals surface area (Å²) in [5.41, 5.74) is 7.48. The third-order valence-corrected chi connectivity index (χ3v) is 3.13. The predicted molar refractivity (Wildman–Crippen MR) is 74.7 cm³/mol. The Kier molecular flexibility index (Phi) is 3.90. The second kappa shape index (κ2) is 5.44. The van der Waals surface area contributed by atoms with Gasteiger partial charge in [-0.15, -0.1) is 0 Å². The zero-order chi connectivity index (χ0) is 14.0. The lowest BCUT2D eigenvalue weighted by Gasteiger charge is -2.00. The van der Waals surface area contributed by atoms with E-state index in [2.05, 4.69) is 20.9 Å². The smallest absolute Gasteiger partial charge is 0.362 e. The van der Waals surface area contributed by atoms with E-state index >= 15 is 0 Å². The Morgan fingerprint density at radius 3 is 2.89 bits per heavy atom. The molecule has 2 rings (SSSR count). The van der Waals surface area contributed by atoms with Crippen LogP contribution in [0.5, 0.6) is 0 Å². The molecular weight excluding hydrogens is 312 g/mol. The zero-order valence-electron chi connectivity index (χ0n) is 10.6. The van der Waals surface area contributed by atoms with Gasteiger partial charge in [-0.05, 0) is 47.5 Å². The standard InChI is InChI=1S/C13H13BrN2O3/c1-3-18-13(17)10-11(15)19-12(16-10)8-5-4-7(2)6-9(8)14/h4-6H,3,15H2,1-2H3. The first kappa shape index (κ1) is 13.6. The van der Waals surface area contributed by atoms with Crippen LogP contribution in [0.3, 0.4) is 0 Å². The van der Waals surface area contributed by atoms with E-state index in [0.717, 1.165) is 15.6 Å². The largest absolute Gasteiger partial charge is 0.461 e. The fraction of sp³-hybridized carbons (Fsp3) is 0.231. The minimum absolute atomic E-state index is 0.00400. The number of carbonyl (C=O) groups is 1. The lowest BCUT2D eigenvalue weighted by molar-refractivity contribution is 0.0521. The summed E-state index contributed by atoms with van der Waals surface area (Å²) in [6.07, 6.45) is 0. The number of carbonyl (C=O) groups excluding carboxylic acids is 1. The molecule has 0 atom stereocenters. The fourth-order valence-electron chi connectivity index (χ4n) is 1.59. The van der Waals surface area contributed by atoms with Gasteiger partial charge in [0.25, 0.3) is 0 Å². The molecule has 0 saturated heterocycles. The molecule has 0 aliphatic carbocycles. The third kappa shape index (κ3) is 2.78. The highest BCUT2D eigenvalue weighted by Gasteiger charge is 2.21. The van der Waals surface area contributed by atoms with E-state index in [-0.39, 0.29) is 24.1 Å². The number of benzene rings is 1. The molecule has 2 N–H and O–H groups in total. The topological polar surface area (TPSA) is 78.3 Å². The van der Waals surface area contributed by atoms with Crippen LogP contribution in [0, 0.1) is 6.92 Å². The van der Waals surface area contributed by atoms with Gasteiger partial charge in [-0.3, -0.25) is 0 Å². The van der Waals surface area contributed by atoms with Crippen molar-refractivity contribution in [3.05, 3.63) is 33.9 Å². The van der Waals surface area contributed by atoms with E-state index in [1.54, 1.807) is 6.92 Å². The van der Waals surface area contributed by atoms with Crippen molar-refractivity contribution in [3.8, 4) is 11.5 Å². The number of oxazole rings is 1. The molecular formula is C13H13BrN2O3. The molecule has 2 aromatic rings. The Morgan fingerprint density at radius 1 is 1.53 bits per heavy atom. The molecule has 5 nitrogen and oxygen atoms in total. The number of nitrogens with two attached hydrogens (primary N) is 1. The first-order valence-electron chi connectivity index (χ1n) is 5.73. The maximum atomic E-state index is 11.6. The molecule has 100 valence electrons. The van der Waals surface area contributed by atoms with Crippen LogP contribution in [0.4, 0.5) is 5.88 Å². The highest BCUT2D eigenvalue weighted by atomic mass is 79.9. The number of anilines is 1. The minimum atomic E-state index is -0.585. The van der Waals surface area contributed by atoms with Crippen molar-refractivity contribution < 1.29 is 13.9 Å². The van der Waals surface area contributed by atoms with Gasteiger partial charge >= 0.3 is 5.97 Å². The first-order chi connectivity index (χ1) is 9.02. The van der Waals surface area contributed by atoms with Gasteiger partial charge in [0.05, 0.1) is 12.2 Å². The van der Waals surface area contributed by atoms with Crippen LogP contribution in [0.15, 0.2) is 27.1 Å². The molecule has 1 heterocycles. The number of aromatic nitrogens is 1. The average Bonchev–Trinajstić information content (AvgIpc) is 2.71. The zero-order valence-corrected chi connectivity index (χ0v) is 12.2. The van der Waals surface area contributed by atoms with Crippen LogP contribution in [0.1, 0.15) is 23.0 Å². The SMILES string of the molecule is CCOC(=O)c1nc(-c2ccc(C)cc2Br)oc1N. The summed E-state index contributed by atoms with van der Waals surface area (Å²) in [7, 11) is 0. The molecule has 0 unspecified atom stereocenters. The first-order valence-corrected chi connectivity index (χ1v) is 6.52. The maximum absolute atomic E-state index is 11.6. The summed E-state index contributed by atoms with van der Waals surface area (Å²) >= 11 is 3.43. The summed E-state index contributed by atoms with van der Waals surface area (Å²) in [5, 5.41) is 0. The van der Waals surface area contributed by atoms with Crippen molar-refractivity contribution >= 4 is 27.8 Å². The van der Waals surface area contributed by atoms with E-state index in [4.69, 9.17) is 14.9 Å². The molecule has 0 spiro atoms. The average molecular weight is 325 g/mol. The summed E-state index contributed by atoms with van der Waals surface area (Å²) in [6.45, 7) is 3.95. The molecule has 0 bridgehead atoms. The monoisotopic (exact) mass is 324 g/mol. The molecule has 0 amide bonds. The van der Waals surface area contributed by atoms with E-state index in [0.29, 0.717) is 0 Å². The van der Waals surface area contributed by atoms with Gasteiger partial charge in [0.1, 0.15) is 0 Å². The van der Waals surface area contributed by atoms with Crippen LogP contribution in [0.2, 0.25) is 0 Å². The Morgan fingerprint density at radius 2 is 2.26 bits per heavy atom. The molecule has 1 aromatic carbocycles. The van der Waals surface area contributed by atoms with Gasteiger partial charge in [0, 0.05) is 4.47 Å². The number of nitrogens with zero attached hydrogens (tertiary/aromatic N) is 1.